The zero-order valence-electron chi connectivity index (χ0n) is 13.2. The molecule has 0 aliphatic rings. The number of benzene rings is 1. The molecule has 22 heavy (non-hydrogen) atoms. The lowest BCUT2D eigenvalue weighted by Gasteiger charge is -2.19. The van der Waals surface area contributed by atoms with E-state index in [1.165, 1.54) is 12.1 Å². The highest BCUT2D eigenvalue weighted by Crippen LogP contribution is 2.35. The zero-order valence-corrected chi connectivity index (χ0v) is 14.7. The molecule has 1 rings (SSSR count). The Balaban J connectivity index is 2.89. The Morgan fingerprint density at radius 3 is 2.32 bits per heavy atom. The van der Waals surface area contributed by atoms with E-state index >= 15 is 0 Å². The van der Waals surface area contributed by atoms with Gasteiger partial charge in [0, 0.05) is 11.5 Å². The summed E-state index contributed by atoms with van der Waals surface area (Å²) >= 11 is 12.1. The number of hydrogen-bond donors (Lipinski definition) is 2. The molecule has 0 atom stereocenters. The van der Waals surface area contributed by atoms with Gasteiger partial charge in [0.2, 0.25) is 0 Å². The Labute approximate surface area is 140 Å². The predicted octanol–water partition coefficient (Wildman–Crippen LogP) is 5.35. The van der Waals surface area contributed by atoms with Crippen molar-refractivity contribution in [3.05, 3.63) is 22.2 Å². The molecule has 0 aliphatic heterocycles. The van der Waals surface area contributed by atoms with E-state index < -0.39 is 11.5 Å². The SMILES string of the molecule is CC(C)Oc1cc(NC(=O)OC(=N)C(C)(C)C)c(Cl)cc1Cl. The van der Waals surface area contributed by atoms with Crippen LogP contribution < -0.4 is 10.1 Å². The van der Waals surface area contributed by atoms with E-state index in [1.807, 2.05) is 13.8 Å². The second-order valence-corrected chi connectivity index (χ2v) is 6.84. The summed E-state index contributed by atoms with van der Waals surface area (Å²) in [6, 6.07) is 3.00. The molecule has 122 valence electrons. The van der Waals surface area contributed by atoms with Crippen molar-refractivity contribution in [1.29, 1.82) is 5.41 Å². The standard InChI is InChI=1S/C15H20Cl2N2O3/c1-8(2)21-12-7-11(9(16)6-10(12)17)19-14(20)22-13(18)15(3,4)5/h6-8,18H,1-5H3,(H,19,20). The first-order chi connectivity index (χ1) is 10.0. The molecule has 0 radical (unpaired) electrons. The molecule has 0 heterocycles. The van der Waals surface area contributed by atoms with Crippen molar-refractivity contribution < 1.29 is 14.3 Å². The molecular formula is C15H20Cl2N2O3. The summed E-state index contributed by atoms with van der Waals surface area (Å²) in [5.41, 5.74) is -0.263. The van der Waals surface area contributed by atoms with Gasteiger partial charge < -0.3 is 9.47 Å². The number of anilines is 1. The minimum atomic E-state index is -0.792. The van der Waals surface area contributed by atoms with Gasteiger partial charge in [-0.2, -0.15) is 0 Å². The number of rotatable bonds is 3. The highest BCUT2D eigenvalue weighted by atomic mass is 35.5. The van der Waals surface area contributed by atoms with E-state index in [2.05, 4.69) is 5.32 Å². The smallest absolute Gasteiger partial charge is 0.418 e. The van der Waals surface area contributed by atoms with E-state index in [0.29, 0.717) is 16.5 Å². The Morgan fingerprint density at radius 2 is 1.82 bits per heavy atom. The monoisotopic (exact) mass is 346 g/mol. The maximum absolute atomic E-state index is 11.8. The van der Waals surface area contributed by atoms with Gasteiger partial charge in [-0.1, -0.05) is 44.0 Å². The molecule has 7 heteroatoms. The third-order valence-corrected chi connectivity index (χ3v) is 3.10. The van der Waals surface area contributed by atoms with Gasteiger partial charge in [0.1, 0.15) is 5.75 Å². The fourth-order valence-corrected chi connectivity index (χ4v) is 1.83. The van der Waals surface area contributed by atoms with E-state index in [4.69, 9.17) is 38.1 Å². The number of hydrogen-bond acceptors (Lipinski definition) is 4. The molecule has 0 aliphatic carbocycles. The van der Waals surface area contributed by atoms with Crippen LogP contribution in [0.3, 0.4) is 0 Å². The summed E-state index contributed by atoms with van der Waals surface area (Å²) < 4.78 is 10.5. The number of carbonyl (C=O) groups is 1. The lowest BCUT2D eigenvalue weighted by atomic mass is 9.97. The van der Waals surface area contributed by atoms with Crippen molar-refractivity contribution in [2.24, 2.45) is 5.41 Å². The van der Waals surface area contributed by atoms with Gasteiger partial charge in [-0.3, -0.25) is 10.7 Å². The van der Waals surface area contributed by atoms with Crippen molar-refractivity contribution in [3.63, 3.8) is 0 Å². The maximum Gasteiger partial charge on any atom is 0.418 e. The third-order valence-electron chi connectivity index (χ3n) is 2.50. The van der Waals surface area contributed by atoms with E-state index in [1.54, 1.807) is 20.8 Å². The van der Waals surface area contributed by atoms with Crippen LogP contribution in [0.25, 0.3) is 0 Å². The highest BCUT2D eigenvalue weighted by Gasteiger charge is 2.22. The van der Waals surface area contributed by atoms with Crippen LogP contribution in [0.4, 0.5) is 10.5 Å². The summed E-state index contributed by atoms with van der Waals surface area (Å²) in [5.74, 6) is 0.260. The number of carbonyl (C=O) groups excluding carboxylic acids is 1. The molecule has 1 aromatic rings. The van der Waals surface area contributed by atoms with Gasteiger partial charge in [-0.05, 0) is 19.9 Å². The molecule has 0 bridgehead atoms. The van der Waals surface area contributed by atoms with Crippen molar-refractivity contribution >= 4 is 40.9 Å². The first kappa shape index (κ1) is 18.6. The van der Waals surface area contributed by atoms with Crippen LogP contribution in [0.15, 0.2) is 12.1 Å². The molecule has 0 spiro atoms. The molecule has 1 aromatic carbocycles. The molecule has 0 fully saturated rings. The van der Waals surface area contributed by atoms with E-state index in [9.17, 15) is 4.79 Å². The summed E-state index contributed by atoms with van der Waals surface area (Å²) in [4.78, 5) is 11.8. The Bertz CT molecular complexity index is 581. The normalized spacial score (nSPS) is 11.3. The third kappa shape index (κ3) is 5.39. The maximum atomic E-state index is 11.8. The molecule has 2 N–H and O–H groups in total. The van der Waals surface area contributed by atoms with Gasteiger partial charge in [-0.15, -0.1) is 0 Å². The second kappa shape index (κ2) is 7.20. The average Bonchev–Trinajstić information content (AvgIpc) is 2.33. The molecule has 0 saturated heterocycles. The van der Waals surface area contributed by atoms with Crippen molar-refractivity contribution in [2.75, 3.05) is 5.32 Å². The van der Waals surface area contributed by atoms with Crippen LogP contribution in [-0.2, 0) is 4.74 Å². The molecule has 0 aromatic heterocycles. The summed E-state index contributed by atoms with van der Waals surface area (Å²) in [7, 11) is 0. The molecule has 0 saturated carbocycles. The molecular weight excluding hydrogens is 327 g/mol. The number of ether oxygens (including phenoxy) is 2. The first-order valence-corrected chi connectivity index (χ1v) is 7.50. The molecule has 5 nitrogen and oxygen atoms in total. The Hall–Kier alpha value is -1.46. The highest BCUT2D eigenvalue weighted by molar-refractivity contribution is 6.37. The topological polar surface area (TPSA) is 71.4 Å². The van der Waals surface area contributed by atoms with Crippen molar-refractivity contribution in [2.45, 2.75) is 40.7 Å². The zero-order chi connectivity index (χ0) is 17.1. The van der Waals surface area contributed by atoms with Crippen molar-refractivity contribution in [3.8, 4) is 5.75 Å². The minimum absolute atomic E-state index is 0.0763. The Kier molecular flexibility index (Phi) is 6.08. The predicted molar refractivity (Wildman–Crippen MR) is 89.5 cm³/mol. The van der Waals surface area contributed by atoms with Crippen LogP contribution in [0.1, 0.15) is 34.6 Å². The summed E-state index contributed by atoms with van der Waals surface area (Å²) in [6.45, 7) is 9.03. The molecule has 1 amide bonds. The molecule has 0 unspecified atom stereocenters. The van der Waals surface area contributed by atoms with Gasteiger partial charge in [0.15, 0.2) is 5.90 Å². The minimum Gasteiger partial charge on any atom is -0.489 e. The summed E-state index contributed by atoms with van der Waals surface area (Å²) in [6.07, 6.45) is -0.868. The lowest BCUT2D eigenvalue weighted by Crippen LogP contribution is -2.27. The quantitative estimate of drug-likeness (QED) is 0.572. The van der Waals surface area contributed by atoms with Crippen LogP contribution in [0.2, 0.25) is 10.0 Å². The van der Waals surface area contributed by atoms with Gasteiger partial charge in [0.05, 0.1) is 21.8 Å². The van der Waals surface area contributed by atoms with Crippen molar-refractivity contribution in [1.82, 2.24) is 0 Å². The van der Waals surface area contributed by atoms with E-state index in [-0.39, 0.29) is 17.0 Å². The second-order valence-electron chi connectivity index (χ2n) is 6.02. The number of nitrogens with one attached hydrogen (secondary N) is 2. The number of amides is 1. The van der Waals surface area contributed by atoms with Crippen LogP contribution in [0.5, 0.6) is 5.75 Å². The first-order valence-electron chi connectivity index (χ1n) is 6.74. The van der Waals surface area contributed by atoms with Gasteiger partial charge in [0.25, 0.3) is 0 Å². The number of halogens is 2. The fourth-order valence-electron chi connectivity index (χ4n) is 1.35. The average molecular weight is 347 g/mol. The Morgan fingerprint density at radius 1 is 1.23 bits per heavy atom. The van der Waals surface area contributed by atoms with Crippen LogP contribution in [-0.4, -0.2) is 18.1 Å². The lowest BCUT2D eigenvalue weighted by molar-refractivity contribution is 0.205. The largest absolute Gasteiger partial charge is 0.489 e. The summed E-state index contributed by atoms with van der Waals surface area (Å²) in [5, 5.41) is 10.8. The van der Waals surface area contributed by atoms with Crippen LogP contribution >= 0.6 is 23.2 Å². The van der Waals surface area contributed by atoms with Gasteiger partial charge >= 0.3 is 6.09 Å². The van der Waals surface area contributed by atoms with Crippen LogP contribution in [0, 0.1) is 10.8 Å². The fraction of sp³-hybridized carbons (Fsp3) is 0.467. The van der Waals surface area contributed by atoms with E-state index in [0.717, 1.165) is 0 Å². The van der Waals surface area contributed by atoms with Gasteiger partial charge in [-0.25, -0.2) is 4.79 Å².